The first kappa shape index (κ1) is 13.5. The minimum Gasteiger partial charge on any atom is -0.454 e. The quantitative estimate of drug-likeness (QED) is 0.776. The van der Waals surface area contributed by atoms with Crippen LogP contribution in [-0.4, -0.2) is 17.7 Å². The van der Waals surface area contributed by atoms with Crippen molar-refractivity contribution < 1.29 is 14.3 Å². The highest BCUT2D eigenvalue weighted by molar-refractivity contribution is 6.08. The molecule has 5 nitrogen and oxygen atoms in total. The molecule has 0 atom stereocenters. The fraction of sp³-hybridized carbons (Fsp3) is 0.0556. The van der Waals surface area contributed by atoms with Gasteiger partial charge >= 0.3 is 0 Å². The average Bonchev–Trinajstić information content (AvgIpc) is 3.24. The summed E-state index contributed by atoms with van der Waals surface area (Å²) in [6, 6.07) is 15.1. The van der Waals surface area contributed by atoms with Crippen molar-refractivity contribution in [3.05, 3.63) is 66.5 Å². The number of hydrogen-bond donors (Lipinski definition) is 2. The summed E-state index contributed by atoms with van der Waals surface area (Å²) in [5.74, 6) is 1.15. The van der Waals surface area contributed by atoms with Gasteiger partial charge in [-0.05, 0) is 17.7 Å². The number of amides is 1. The lowest BCUT2D eigenvalue weighted by atomic mass is 10.0. The van der Waals surface area contributed by atoms with Gasteiger partial charge in [0.1, 0.15) is 0 Å². The average molecular weight is 306 g/mol. The van der Waals surface area contributed by atoms with E-state index in [0.717, 1.165) is 11.1 Å². The van der Waals surface area contributed by atoms with E-state index in [1.54, 1.807) is 24.4 Å². The number of H-pyrrole nitrogens is 1. The molecule has 0 unspecified atom stereocenters. The van der Waals surface area contributed by atoms with Crippen molar-refractivity contribution in [1.29, 1.82) is 0 Å². The minimum atomic E-state index is -0.177. The molecule has 2 N–H and O–H groups in total. The van der Waals surface area contributed by atoms with Crippen LogP contribution in [0.25, 0.3) is 11.1 Å². The third-order valence-corrected chi connectivity index (χ3v) is 3.71. The summed E-state index contributed by atoms with van der Waals surface area (Å²) in [4.78, 5) is 15.6. The first-order valence-electron chi connectivity index (χ1n) is 7.24. The summed E-state index contributed by atoms with van der Waals surface area (Å²) in [5.41, 5.74) is 3.11. The van der Waals surface area contributed by atoms with Gasteiger partial charge in [0, 0.05) is 29.7 Å². The highest BCUT2D eigenvalue weighted by Gasteiger charge is 2.17. The van der Waals surface area contributed by atoms with E-state index >= 15 is 0 Å². The van der Waals surface area contributed by atoms with Crippen molar-refractivity contribution in [2.75, 3.05) is 12.1 Å². The van der Waals surface area contributed by atoms with Gasteiger partial charge in [-0.25, -0.2) is 0 Å². The van der Waals surface area contributed by atoms with Gasteiger partial charge in [-0.1, -0.05) is 30.3 Å². The number of aromatic nitrogens is 1. The van der Waals surface area contributed by atoms with Gasteiger partial charge in [-0.3, -0.25) is 4.79 Å². The molecule has 1 aromatic heterocycles. The second-order valence-electron chi connectivity index (χ2n) is 5.17. The third-order valence-electron chi connectivity index (χ3n) is 3.71. The second-order valence-corrected chi connectivity index (χ2v) is 5.17. The van der Waals surface area contributed by atoms with Gasteiger partial charge in [0.25, 0.3) is 5.91 Å². The van der Waals surface area contributed by atoms with E-state index in [-0.39, 0.29) is 12.7 Å². The van der Waals surface area contributed by atoms with E-state index in [0.29, 0.717) is 22.7 Å². The van der Waals surface area contributed by atoms with Crippen LogP contribution in [0.3, 0.4) is 0 Å². The Morgan fingerprint density at radius 1 is 1.00 bits per heavy atom. The fourth-order valence-corrected chi connectivity index (χ4v) is 2.58. The number of hydrogen-bond acceptors (Lipinski definition) is 3. The maximum atomic E-state index is 12.6. The number of carbonyl (C=O) groups excluding carboxylic acids is 1. The molecule has 0 aliphatic carbocycles. The molecular weight excluding hydrogens is 292 g/mol. The van der Waals surface area contributed by atoms with Crippen LogP contribution in [0.5, 0.6) is 11.5 Å². The van der Waals surface area contributed by atoms with Gasteiger partial charge in [0.15, 0.2) is 11.5 Å². The maximum Gasteiger partial charge on any atom is 0.257 e. The Morgan fingerprint density at radius 3 is 2.70 bits per heavy atom. The molecule has 0 saturated heterocycles. The molecule has 0 saturated carbocycles. The lowest BCUT2D eigenvalue weighted by Crippen LogP contribution is -2.12. The number of rotatable bonds is 3. The molecule has 1 aliphatic rings. The standard InChI is InChI=1S/C18H14N2O3/c21-18(20-13-6-7-16-17(8-13)23-11-22-16)15-10-19-9-14(15)12-4-2-1-3-5-12/h1-10,19H,11H2,(H,20,21). The maximum absolute atomic E-state index is 12.6. The van der Waals surface area contributed by atoms with Crippen molar-refractivity contribution in [3.8, 4) is 22.6 Å². The molecule has 0 fully saturated rings. The van der Waals surface area contributed by atoms with Gasteiger partial charge in [0.05, 0.1) is 5.56 Å². The predicted octanol–water partition coefficient (Wildman–Crippen LogP) is 3.66. The lowest BCUT2D eigenvalue weighted by molar-refractivity contribution is 0.102. The monoisotopic (exact) mass is 306 g/mol. The van der Waals surface area contributed by atoms with Crippen molar-refractivity contribution >= 4 is 11.6 Å². The fourth-order valence-electron chi connectivity index (χ4n) is 2.58. The number of benzene rings is 2. The highest BCUT2D eigenvalue weighted by atomic mass is 16.7. The molecule has 2 heterocycles. The van der Waals surface area contributed by atoms with E-state index in [1.807, 2.05) is 36.5 Å². The van der Waals surface area contributed by atoms with Gasteiger partial charge in [-0.15, -0.1) is 0 Å². The molecule has 1 amide bonds. The van der Waals surface area contributed by atoms with Crippen LogP contribution in [-0.2, 0) is 0 Å². The predicted molar refractivity (Wildman–Crippen MR) is 86.7 cm³/mol. The first-order valence-corrected chi connectivity index (χ1v) is 7.24. The largest absolute Gasteiger partial charge is 0.454 e. The van der Waals surface area contributed by atoms with Crippen LogP contribution in [0.15, 0.2) is 60.9 Å². The summed E-state index contributed by atoms with van der Waals surface area (Å²) < 4.78 is 10.6. The van der Waals surface area contributed by atoms with Crippen molar-refractivity contribution in [2.45, 2.75) is 0 Å². The summed E-state index contributed by atoms with van der Waals surface area (Å²) in [5, 5.41) is 2.89. The molecule has 0 spiro atoms. The zero-order chi connectivity index (χ0) is 15.6. The number of ether oxygens (including phenoxy) is 2. The molecule has 0 radical (unpaired) electrons. The van der Waals surface area contributed by atoms with Gasteiger partial charge in [-0.2, -0.15) is 0 Å². The molecule has 1 aliphatic heterocycles. The van der Waals surface area contributed by atoms with E-state index < -0.39 is 0 Å². The second kappa shape index (κ2) is 5.53. The minimum absolute atomic E-state index is 0.177. The molecule has 114 valence electrons. The zero-order valence-electron chi connectivity index (χ0n) is 12.2. The molecule has 3 aromatic rings. The van der Waals surface area contributed by atoms with Gasteiger partial charge < -0.3 is 19.8 Å². The van der Waals surface area contributed by atoms with Crippen molar-refractivity contribution in [2.24, 2.45) is 0 Å². The van der Waals surface area contributed by atoms with Crippen molar-refractivity contribution in [3.63, 3.8) is 0 Å². The van der Waals surface area contributed by atoms with Crippen LogP contribution in [0.1, 0.15) is 10.4 Å². The summed E-state index contributed by atoms with van der Waals surface area (Å²) in [6.07, 6.45) is 3.52. The summed E-state index contributed by atoms with van der Waals surface area (Å²) in [7, 11) is 0. The number of fused-ring (bicyclic) bond motifs is 1. The van der Waals surface area contributed by atoms with Crippen LogP contribution in [0, 0.1) is 0 Å². The lowest BCUT2D eigenvalue weighted by Gasteiger charge is -2.07. The van der Waals surface area contributed by atoms with Gasteiger partial charge in [0.2, 0.25) is 6.79 Å². The van der Waals surface area contributed by atoms with Crippen molar-refractivity contribution in [1.82, 2.24) is 4.98 Å². The van der Waals surface area contributed by atoms with E-state index in [4.69, 9.17) is 9.47 Å². The Labute approximate surface area is 132 Å². The Kier molecular flexibility index (Phi) is 3.24. The topological polar surface area (TPSA) is 63.4 Å². The van der Waals surface area contributed by atoms with Crippen LogP contribution in [0.2, 0.25) is 0 Å². The number of carbonyl (C=O) groups is 1. The molecule has 0 bridgehead atoms. The zero-order valence-corrected chi connectivity index (χ0v) is 12.2. The molecule has 5 heteroatoms. The van der Waals surface area contributed by atoms with Crippen LogP contribution >= 0.6 is 0 Å². The molecule has 4 rings (SSSR count). The molecule has 23 heavy (non-hydrogen) atoms. The summed E-state index contributed by atoms with van der Waals surface area (Å²) in [6.45, 7) is 0.211. The molecule has 2 aromatic carbocycles. The summed E-state index contributed by atoms with van der Waals surface area (Å²) >= 11 is 0. The van der Waals surface area contributed by atoms with E-state index in [1.165, 1.54) is 0 Å². The molecular formula is C18H14N2O3. The first-order chi connectivity index (χ1) is 11.3. The van der Waals surface area contributed by atoms with Crippen LogP contribution in [0.4, 0.5) is 5.69 Å². The normalized spacial score (nSPS) is 12.2. The Hall–Kier alpha value is -3.21. The van der Waals surface area contributed by atoms with Crippen LogP contribution < -0.4 is 14.8 Å². The number of anilines is 1. The Morgan fingerprint density at radius 2 is 1.83 bits per heavy atom. The Balaban J connectivity index is 1.60. The van der Waals surface area contributed by atoms with E-state index in [9.17, 15) is 4.79 Å². The smallest absolute Gasteiger partial charge is 0.257 e. The highest BCUT2D eigenvalue weighted by Crippen LogP contribution is 2.34. The number of aromatic amines is 1. The number of nitrogens with one attached hydrogen (secondary N) is 2. The third kappa shape index (κ3) is 2.53. The SMILES string of the molecule is O=C(Nc1ccc2c(c1)OCO2)c1c[nH]cc1-c1ccccc1. The van der Waals surface area contributed by atoms with E-state index in [2.05, 4.69) is 10.3 Å². The Bertz CT molecular complexity index is 856.